The zero-order chi connectivity index (χ0) is 14.1. The lowest BCUT2D eigenvalue weighted by molar-refractivity contribution is 0.720. The molecule has 0 fully saturated rings. The molecule has 0 saturated carbocycles. The van der Waals surface area contributed by atoms with E-state index < -0.39 is 0 Å². The summed E-state index contributed by atoms with van der Waals surface area (Å²) in [6.45, 7) is 2.90. The Morgan fingerprint density at radius 1 is 1.00 bits per heavy atom. The van der Waals surface area contributed by atoms with Crippen molar-refractivity contribution in [1.29, 1.82) is 0 Å². The van der Waals surface area contributed by atoms with Crippen LogP contribution >= 0.6 is 23.2 Å². The van der Waals surface area contributed by atoms with Gasteiger partial charge >= 0.3 is 0 Å². The third-order valence-corrected chi connectivity index (χ3v) is 3.33. The molecule has 0 aliphatic carbocycles. The van der Waals surface area contributed by atoms with Crippen LogP contribution in [0.1, 0.15) is 18.6 Å². The standard InChI is InChI=1S/C13H11Cl2N5/c1-2-20-9-6-4-3-5-8(9)16-11(20)7-10-17-12(14)19-13(15)18-10/h3-6H,2,7H2,1H3. The van der Waals surface area contributed by atoms with E-state index in [0.717, 1.165) is 23.4 Å². The minimum Gasteiger partial charge on any atom is -0.328 e. The van der Waals surface area contributed by atoms with Crippen molar-refractivity contribution >= 4 is 34.2 Å². The predicted molar refractivity (Wildman–Crippen MR) is 78.1 cm³/mol. The Kier molecular flexibility index (Phi) is 3.54. The summed E-state index contributed by atoms with van der Waals surface area (Å²) in [5, 5.41) is 0.193. The molecular weight excluding hydrogens is 297 g/mol. The number of fused-ring (bicyclic) bond motifs is 1. The molecule has 0 aliphatic heterocycles. The maximum Gasteiger partial charge on any atom is 0.226 e. The SMILES string of the molecule is CCn1c(Cc2nc(Cl)nc(Cl)n2)nc2ccccc21. The topological polar surface area (TPSA) is 56.5 Å². The normalized spacial score (nSPS) is 11.2. The van der Waals surface area contributed by atoms with Crippen LogP contribution in [0.3, 0.4) is 0 Å². The number of benzene rings is 1. The Hall–Kier alpha value is -1.72. The number of hydrogen-bond acceptors (Lipinski definition) is 4. The predicted octanol–water partition coefficient (Wildman–Crippen LogP) is 3.14. The molecule has 3 rings (SSSR count). The van der Waals surface area contributed by atoms with Crippen molar-refractivity contribution in [1.82, 2.24) is 24.5 Å². The summed E-state index contributed by atoms with van der Waals surface area (Å²) in [7, 11) is 0. The summed E-state index contributed by atoms with van der Waals surface area (Å²) in [4.78, 5) is 16.5. The van der Waals surface area contributed by atoms with Crippen molar-refractivity contribution in [3.8, 4) is 0 Å². The highest BCUT2D eigenvalue weighted by molar-refractivity contribution is 6.31. The molecule has 0 radical (unpaired) electrons. The van der Waals surface area contributed by atoms with Gasteiger partial charge in [0, 0.05) is 6.54 Å². The quantitative estimate of drug-likeness (QED) is 0.746. The lowest BCUT2D eigenvalue weighted by Gasteiger charge is -2.05. The van der Waals surface area contributed by atoms with Gasteiger partial charge in [-0.15, -0.1) is 0 Å². The molecule has 0 aliphatic rings. The minimum absolute atomic E-state index is 0.0964. The van der Waals surface area contributed by atoms with Gasteiger partial charge in [0.05, 0.1) is 17.5 Å². The van der Waals surface area contributed by atoms with Crippen LogP contribution in [-0.2, 0) is 13.0 Å². The van der Waals surface area contributed by atoms with E-state index in [-0.39, 0.29) is 10.6 Å². The third kappa shape index (κ3) is 2.46. The average Bonchev–Trinajstić information content (AvgIpc) is 2.74. The molecule has 0 amide bonds. The van der Waals surface area contributed by atoms with Gasteiger partial charge in [-0.2, -0.15) is 4.98 Å². The molecule has 3 aromatic rings. The highest BCUT2D eigenvalue weighted by Gasteiger charge is 2.12. The molecule has 7 heteroatoms. The monoisotopic (exact) mass is 307 g/mol. The lowest BCUT2D eigenvalue weighted by Crippen LogP contribution is -2.06. The van der Waals surface area contributed by atoms with E-state index in [1.165, 1.54) is 0 Å². The first-order valence-corrected chi connectivity index (χ1v) is 6.93. The smallest absolute Gasteiger partial charge is 0.226 e. The summed E-state index contributed by atoms with van der Waals surface area (Å²) < 4.78 is 2.13. The molecule has 2 heterocycles. The molecule has 0 atom stereocenters. The van der Waals surface area contributed by atoms with Crippen LogP contribution in [-0.4, -0.2) is 24.5 Å². The Labute approximate surface area is 125 Å². The van der Waals surface area contributed by atoms with Crippen molar-refractivity contribution in [2.24, 2.45) is 0 Å². The number of aromatic nitrogens is 5. The molecule has 0 unspecified atom stereocenters. The van der Waals surface area contributed by atoms with Crippen molar-refractivity contribution in [3.05, 3.63) is 46.5 Å². The fourth-order valence-electron chi connectivity index (χ4n) is 2.20. The van der Waals surface area contributed by atoms with Gasteiger partial charge in [0.1, 0.15) is 11.6 Å². The zero-order valence-corrected chi connectivity index (χ0v) is 12.2. The molecule has 20 heavy (non-hydrogen) atoms. The second-order valence-electron chi connectivity index (χ2n) is 4.23. The van der Waals surface area contributed by atoms with Gasteiger partial charge in [-0.3, -0.25) is 0 Å². The number of rotatable bonds is 3. The van der Waals surface area contributed by atoms with Crippen molar-refractivity contribution < 1.29 is 0 Å². The van der Waals surface area contributed by atoms with Gasteiger partial charge in [-0.25, -0.2) is 15.0 Å². The largest absolute Gasteiger partial charge is 0.328 e. The van der Waals surface area contributed by atoms with Crippen LogP contribution in [0.4, 0.5) is 0 Å². The first-order valence-electron chi connectivity index (χ1n) is 6.17. The van der Waals surface area contributed by atoms with E-state index in [1.807, 2.05) is 24.3 Å². The van der Waals surface area contributed by atoms with E-state index in [0.29, 0.717) is 12.2 Å². The van der Waals surface area contributed by atoms with Gasteiger partial charge < -0.3 is 4.57 Å². The fourth-order valence-corrected chi connectivity index (χ4v) is 2.60. The number of para-hydroxylation sites is 2. The van der Waals surface area contributed by atoms with Gasteiger partial charge in [0.2, 0.25) is 10.6 Å². The average molecular weight is 308 g/mol. The number of nitrogens with zero attached hydrogens (tertiary/aromatic N) is 5. The van der Waals surface area contributed by atoms with E-state index in [9.17, 15) is 0 Å². The van der Waals surface area contributed by atoms with Crippen LogP contribution in [0.2, 0.25) is 10.6 Å². The Balaban J connectivity index is 2.05. The second kappa shape index (κ2) is 5.34. The summed E-state index contributed by atoms with van der Waals surface area (Å²) in [6, 6.07) is 7.99. The second-order valence-corrected chi connectivity index (χ2v) is 4.90. The van der Waals surface area contributed by atoms with Gasteiger partial charge in [0.15, 0.2) is 0 Å². The molecule has 0 bridgehead atoms. The molecule has 0 spiro atoms. The zero-order valence-electron chi connectivity index (χ0n) is 10.7. The van der Waals surface area contributed by atoms with E-state index in [2.05, 4.69) is 31.4 Å². The van der Waals surface area contributed by atoms with Gasteiger partial charge in [-0.1, -0.05) is 12.1 Å². The number of aryl methyl sites for hydroxylation is 1. The molecule has 2 aromatic heterocycles. The van der Waals surface area contributed by atoms with Crippen LogP contribution in [0.15, 0.2) is 24.3 Å². The first-order chi connectivity index (χ1) is 9.67. The van der Waals surface area contributed by atoms with Crippen molar-refractivity contribution in [2.45, 2.75) is 19.9 Å². The van der Waals surface area contributed by atoms with Crippen LogP contribution in [0, 0.1) is 0 Å². The molecule has 1 aromatic carbocycles. The molecule has 0 N–H and O–H groups in total. The third-order valence-electron chi connectivity index (χ3n) is 2.99. The van der Waals surface area contributed by atoms with E-state index in [1.54, 1.807) is 0 Å². The van der Waals surface area contributed by atoms with Crippen LogP contribution in [0.5, 0.6) is 0 Å². The van der Waals surface area contributed by atoms with Gasteiger partial charge in [-0.05, 0) is 42.3 Å². The van der Waals surface area contributed by atoms with Gasteiger partial charge in [0.25, 0.3) is 0 Å². The molecule has 0 saturated heterocycles. The maximum atomic E-state index is 5.79. The summed E-state index contributed by atoms with van der Waals surface area (Å²) >= 11 is 11.6. The molecule has 5 nitrogen and oxygen atoms in total. The molecule has 102 valence electrons. The Bertz CT molecular complexity index is 748. The number of imidazole rings is 1. The Morgan fingerprint density at radius 3 is 2.40 bits per heavy atom. The van der Waals surface area contributed by atoms with Crippen molar-refractivity contribution in [2.75, 3.05) is 0 Å². The maximum absolute atomic E-state index is 5.79. The highest BCUT2D eigenvalue weighted by Crippen LogP contribution is 2.18. The minimum atomic E-state index is 0.0964. The van der Waals surface area contributed by atoms with Crippen LogP contribution < -0.4 is 0 Å². The summed E-state index contributed by atoms with van der Waals surface area (Å²) in [5.41, 5.74) is 2.05. The number of halogens is 2. The van der Waals surface area contributed by atoms with E-state index >= 15 is 0 Å². The van der Waals surface area contributed by atoms with Crippen LogP contribution in [0.25, 0.3) is 11.0 Å². The fraction of sp³-hybridized carbons (Fsp3) is 0.231. The van der Waals surface area contributed by atoms with E-state index in [4.69, 9.17) is 23.2 Å². The molecular formula is C13H11Cl2N5. The lowest BCUT2D eigenvalue weighted by atomic mass is 10.3. The number of hydrogen-bond donors (Lipinski definition) is 0. The first kappa shape index (κ1) is 13.3. The van der Waals surface area contributed by atoms with Crippen molar-refractivity contribution in [3.63, 3.8) is 0 Å². The summed E-state index contributed by atoms with van der Waals surface area (Å²) in [6.07, 6.45) is 0.463. The Morgan fingerprint density at radius 2 is 1.70 bits per heavy atom. The highest BCUT2D eigenvalue weighted by atomic mass is 35.5. The summed E-state index contributed by atoms with van der Waals surface area (Å²) in [5.74, 6) is 1.40.